The lowest BCUT2D eigenvalue weighted by atomic mass is 9.52. The van der Waals surface area contributed by atoms with Crippen LogP contribution in [-0.2, 0) is 44.9 Å². The first-order chi connectivity index (χ1) is 18.7. The highest BCUT2D eigenvalue weighted by atomic mass is 19.4. The number of hydrogen-bond acceptors (Lipinski definition) is 9. The number of carbonyl (C=O) groups excluding carboxylic acids is 5. The smallest absolute Gasteiger partial charge is 0.417 e. The first-order valence-corrected chi connectivity index (χ1v) is 13.3. The fourth-order valence-electron chi connectivity index (χ4n) is 7.45. The van der Waals surface area contributed by atoms with Crippen molar-refractivity contribution in [1.82, 2.24) is 9.80 Å². The van der Waals surface area contributed by atoms with Gasteiger partial charge in [-0.2, -0.15) is 13.2 Å². The molecule has 6 atom stereocenters. The summed E-state index contributed by atoms with van der Waals surface area (Å²) in [4.78, 5) is 69.5. The number of likely N-dealkylation sites (N-methyl/N-ethyl adjacent to an activating group) is 1. The van der Waals surface area contributed by atoms with E-state index in [9.17, 15) is 47.4 Å². The highest BCUT2D eigenvalue weighted by Crippen LogP contribution is 2.54. The van der Waals surface area contributed by atoms with E-state index in [1.165, 1.54) is 19.0 Å². The average Bonchev–Trinajstić information content (AvgIpc) is 3.26. The van der Waals surface area contributed by atoms with Crippen molar-refractivity contribution >= 4 is 29.0 Å². The van der Waals surface area contributed by atoms with Gasteiger partial charge in [-0.05, 0) is 64.8 Å². The number of hydrogen-bond donors (Lipinski definition) is 3. The highest BCUT2D eigenvalue weighted by molar-refractivity contribution is 6.32. The van der Waals surface area contributed by atoms with Crippen LogP contribution in [0.15, 0.2) is 0 Å². The standard InChI is InChI=1S/C28H32F3N3O7/c1-26(2,3)34-8-12-13(9-34)20(35)16-11(18(12)28(29,30)31)6-10-7-14-19(33(4)5)22(37)17(25(32)40)24(39)27(14,41)23(38)15(10)21(16)36/h10,14-15,17,19,35,41H,6-9H2,1-5H3,(H2,32,40)/t10-,14-,15?,17?,19-,27-/m0/s1. The molecule has 4 N–H and O–H groups in total. The summed E-state index contributed by atoms with van der Waals surface area (Å²) in [6, 6.07) is -1.34. The lowest BCUT2D eigenvalue weighted by Gasteiger charge is -2.52. The number of amides is 1. The molecule has 1 aromatic carbocycles. The number of rotatable bonds is 2. The molecule has 0 saturated heterocycles. The minimum absolute atomic E-state index is 0.0570. The molecule has 0 radical (unpaired) electrons. The van der Waals surface area contributed by atoms with Gasteiger partial charge in [-0.15, -0.1) is 0 Å². The molecule has 5 rings (SSSR count). The fourth-order valence-corrected chi connectivity index (χ4v) is 7.45. The lowest BCUT2D eigenvalue weighted by Crippen LogP contribution is -2.74. The van der Waals surface area contributed by atoms with E-state index >= 15 is 0 Å². The normalized spacial score (nSPS) is 32.1. The summed E-state index contributed by atoms with van der Waals surface area (Å²) >= 11 is 0. The Morgan fingerprint density at radius 2 is 1.61 bits per heavy atom. The number of primary amides is 1. The van der Waals surface area contributed by atoms with E-state index in [4.69, 9.17) is 5.73 Å². The minimum Gasteiger partial charge on any atom is -0.507 e. The molecular formula is C28H32F3N3O7. The Morgan fingerprint density at radius 1 is 1.02 bits per heavy atom. The molecule has 41 heavy (non-hydrogen) atoms. The summed E-state index contributed by atoms with van der Waals surface area (Å²) in [5.41, 5.74) is -0.498. The van der Waals surface area contributed by atoms with Crippen molar-refractivity contribution < 1.29 is 47.4 Å². The Hall–Kier alpha value is -3.16. The maximum Gasteiger partial charge on any atom is 0.417 e. The minimum atomic E-state index is -4.89. The third kappa shape index (κ3) is 3.92. The van der Waals surface area contributed by atoms with Crippen LogP contribution >= 0.6 is 0 Å². The van der Waals surface area contributed by atoms with E-state index in [0.29, 0.717) is 0 Å². The maximum atomic E-state index is 14.7. The zero-order valence-electron chi connectivity index (χ0n) is 23.3. The largest absolute Gasteiger partial charge is 0.507 e. The average molecular weight is 580 g/mol. The quantitative estimate of drug-likeness (QED) is 0.435. The highest BCUT2D eigenvalue weighted by Gasteiger charge is 2.69. The van der Waals surface area contributed by atoms with Crippen LogP contribution in [-0.4, -0.2) is 80.3 Å². The Morgan fingerprint density at radius 3 is 2.12 bits per heavy atom. The Bertz CT molecular complexity index is 1430. The molecule has 2 unspecified atom stereocenters. The summed E-state index contributed by atoms with van der Waals surface area (Å²) in [6.45, 7) is 5.25. The number of phenols is 1. The molecule has 13 heteroatoms. The van der Waals surface area contributed by atoms with Gasteiger partial charge in [0, 0.05) is 30.1 Å². The Balaban J connectivity index is 1.70. The number of phenolic OH excluding ortho intramolecular Hbond substituents is 1. The molecule has 4 aliphatic rings. The van der Waals surface area contributed by atoms with Crippen LogP contribution in [0, 0.1) is 23.7 Å². The molecule has 1 aliphatic heterocycles. The SMILES string of the molecule is CN(C)[C@@H]1C(=O)C(C(N)=O)C(=O)[C@@]2(O)C(=O)C3C(=O)c4c(O)c5c(c(C(F)(F)F)c4C[C@H]3C[C@@H]12)CN(C(C)(C)C)C5. The summed E-state index contributed by atoms with van der Waals surface area (Å²) in [7, 11) is 2.86. The van der Waals surface area contributed by atoms with E-state index in [-0.39, 0.29) is 30.6 Å². The molecule has 10 nitrogen and oxygen atoms in total. The molecule has 2 fully saturated rings. The molecule has 1 aromatic rings. The Labute approximate surface area is 233 Å². The van der Waals surface area contributed by atoms with Gasteiger partial charge >= 0.3 is 6.18 Å². The predicted octanol–water partition coefficient (Wildman–Crippen LogP) is 1.000. The number of nitrogens with zero attached hydrogens (tertiary/aromatic N) is 2. The zero-order valence-corrected chi connectivity index (χ0v) is 23.3. The number of halogens is 3. The van der Waals surface area contributed by atoms with Gasteiger partial charge in [0.15, 0.2) is 34.7 Å². The first kappa shape index (κ1) is 29.3. The predicted molar refractivity (Wildman–Crippen MR) is 135 cm³/mol. The van der Waals surface area contributed by atoms with Crippen LogP contribution in [0.1, 0.15) is 59.8 Å². The van der Waals surface area contributed by atoms with Crippen LogP contribution in [0.25, 0.3) is 0 Å². The van der Waals surface area contributed by atoms with Gasteiger partial charge < -0.3 is 15.9 Å². The van der Waals surface area contributed by atoms with Crippen LogP contribution in [0.3, 0.4) is 0 Å². The van der Waals surface area contributed by atoms with Crippen molar-refractivity contribution in [3.05, 3.63) is 27.8 Å². The third-order valence-corrected chi connectivity index (χ3v) is 9.38. The molecule has 0 spiro atoms. The number of carbonyl (C=O) groups is 5. The molecule has 3 aliphatic carbocycles. The monoisotopic (exact) mass is 579 g/mol. The fraction of sp³-hybridized carbons (Fsp3) is 0.607. The number of alkyl halides is 3. The van der Waals surface area contributed by atoms with E-state index in [2.05, 4.69) is 0 Å². The molecule has 0 bridgehead atoms. The molecule has 2 saturated carbocycles. The number of aliphatic hydroxyl groups is 1. The third-order valence-electron chi connectivity index (χ3n) is 9.38. The molecule has 1 heterocycles. The van der Waals surface area contributed by atoms with Gasteiger partial charge in [0.2, 0.25) is 5.91 Å². The van der Waals surface area contributed by atoms with Crippen LogP contribution in [0.5, 0.6) is 5.75 Å². The van der Waals surface area contributed by atoms with Gasteiger partial charge in [0.05, 0.1) is 23.1 Å². The number of nitrogens with two attached hydrogens (primary N) is 1. The van der Waals surface area contributed by atoms with E-state index in [1.54, 1.807) is 4.90 Å². The molecular weight excluding hydrogens is 547 g/mol. The van der Waals surface area contributed by atoms with E-state index in [0.717, 1.165) is 0 Å². The van der Waals surface area contributed by atoms with Crippen LogP contribution < -0.4 is 5.73 Å². The maximum absolute atomic E-state index is 14.7. The van der Waals surface area contributed by atoms with Crippen LogP contribution in [0.4, 0.5) is 13.2 Å². The lowest BCUT2D eigenvalue weighted by molar-refractivity contribution is -0.181. The van der Waals surface area contributed by atoms with E-state index < -0.39 is 105 Å². The molecule has 222 valence electrons. The van der Waals surface area contributed by atoms with Gasteiger partial charge in [-0.25, -0.2) is 0 Å². The van der Waals surface area contributed by atoms with Crippen molar-refractivity contribution in [2.75, 3.05) is 14.1 Å². The number of ketones is 4. The van der Waals surface area contributed by atoms with Crippen molar-refractivity contribution in [2.45, 2.75) is 70.1 Å². The Kier molecular flexibility index (Phi) is 6.38. The van der Waals surface area contributed by atoms with Crippen molar-refractivity contribution in [2.24, 2.45) is 29.4 Å². The van der Waals surface area contributed by atoms with E-state index in [1.807, 2.05) is 20.8 Å². The zero-order chi connectivity index (χ0) is 30.7. The number of aromatic hydroxyl groups is 1. The molecule has 0 aromatic heterocycles. The summed E-state index contributed by atoms with van der Waals surface area (Å²) in [6.07, 6.45) is -5.66. The number of benzene rings is 1. The topological polar surface area (TPSA) is 158 Å². The summed E-state index contributed by atoms with van der Waals surface area (Å²) < 4.78 is 44.0. The second-order valence-corrected chi connectivity index (χ2v) is 12.8. The second kappa shape index (κ2) is 8.92. The van der Waals surface area contributed by atoms with Crippen molar-refractivity contribution in [3.8, 4) is 5.75 Å². The van der Waals surface area contributed by atoms with Gasteiger partial charge in [-0.1, -0.05) is 0 Å². The first-order valence-electron chi connectivity index (χ1n) is 13.3. The van der Waals surface area contributed by atoms with Crippen molar-refractivity contribution in [3.63, 3.8) is 0 Å². The summed E-state index contributed by atoms with van der Waals surface area (Å²) in [5, 5.41) is 22.9. The number of Topliss-reactive ketones (excluding diaryl/α,β-unsaturated/α-hetero) is 4. The summed E-state index contributed by atoms with van der Waals surface area (Å²) in [5.74, 6) is -13.2. The second-order valence-electron chi connectivity index (χ2n) is 12.8. The number of fused-ring (bicyclic) bond motifs is 4. The molecule has 1 amide bonds. The van der Waals surface area contributed by atoms with Crippen LogP contribution in [0.2, 0.25) is 0 Å². The van der Waals surface area contributed by atoms with Gasteiger partial charge in [-0.3, -0.25) is 33.8 Å². The van der Waals surface area contributed by atoms with Gasteiger partial charge in [0.1, 0.15) is 5.75 Å². The van der Waals surface area contributed by atoms with Crippen molar-refractivity contribution in [1.29, 1.82) is 0 Å². The van der Waals surface area contributed by atoms with Gasteiger partial charge in [0.25, 0.3) is 0 Å².